The summed E-state index contributed by atoms with van der Waals surface area (Å²) in [7, 11) is 7.12. The van der Waals surface area contributed by atoms with Crippen molar-refractivity contribution in [1.82, 2.24) is 15.1 Å². The highest BCUT2D eigenvalue weighted by molar-refractivity contribution is 9.10. The van der Waals surface area contributed by atoms with Gasteiger partial charge < -0.3 is 14.8 Å². The lowest BCUT2D eigenvalue weighted by Gasteiger charge is -2.22. The van der Waals surface area contributed by atoms with Gasteiger partial charge in [0.25, 0.3) is 0 Å². The van der Waals surface area contributed by atoms with E-state index in [1.165, 1.54) is 0 Å². The first-order chi connectivity index (χ1) is 9.63. The molecule has 20 heavy (non-hydrogen) atoms. The number of ether oxygens (including phenoxy) is 2. The predicted molar refractivity (Wildman–Crippen MR) is 81.4 cm³/mol. The Morgan fingerprint density at radius 1 is 1.25 bits per heavy atom. The smallest absolute Gasteiger partial charge is 0.127 e. The van der Waals surface area contributed by atoms with Crippen molar-refractivity contribution in [3.05, 3.63) is 40.1 Å². The largest absolute Gasteiger partial charge is 0.496 e. The minimum absolute atomic E-state index is 0.0945. The van der Waals surface area contributed by atoms with Crippen molar-refractivity contribution >= 4 is 15.9 Å². The van der Waals surface area contributed by atoms with Crippen molar-refractivity contribution in [3.63, 3.8) is 0 Å². The van der Waals surface area contributed by atoms with Crippen LogP contribution in [0.15, 0.2) is 28.9 Å². The van der Waals surface area contributed by atoms with Gasteiger partial charge in [-0.25, -0.2) is 0 Å². The molecule has 0 aliphatic heterocycles. The number of methoxy groups -OCH3 is 2. The second-order valence-corrected chi connectivity index (χ2v) is 5.15. The van der Waals surface area contributed by atoms with E-state index in [4.69, 9.17) is 9.47 Å². The van der Waals surface area contributed by atoms with E-state index in [1.807, 2.05) is 37.0 Å². The minimum atomic E-state index is -0.0945. The van der Waals surface area contributed by atoms with Gasteiger partial charge in [-0.3, -0.25) is 4.68 Å². The zero-order chi connectivity index (χ0) is 14.7. The summed E-state index contributed by atoms with van der Waals surface area (Å²) >= 11 is 3.54. The zero-order valence-electron chi connectivity index (χ0n) is 12.0. The topological polar surface area (TPSA) is 48.3 Å². The molecule has 108 valence electrons. The fraction of sp³-hybridized carbons (Fsp3) is 0.357. The molecule has 0 saturated heterocycles. The second kappa shape index (κ2) is 6.28. The molecule has 2 aromatic rings. The van der Waals surface area contributed by atoms with Crippen LogP contribution < -0.4 is 14.8 Å². The van der Waals surface area contributed by atoms with Crippen LogP contribution in [0, 0.1) is 0 Å². The highest BCUT2D eigenvalue weighted by Crippen LogP contribution is 2.38. The number of rotatable bonds is 5. The average molecular weight is 340 g/mol. The van der Waals surface area contributed by atoms with Gasteiger partial charge in [-0.2, -0.15) is 5.10 Å². The number of benzene rings is 1. The van der Waals surface area contributed by atoms with Crippen molar-refractivity contribution in [2.45, 2.75) is 6.04 Å². The molecule has 1 heterocycles. The summed E-state index contributed by atoms with van der Waals surface area (Å²) in [5.74, 6) is 1.55. The van der Waals surface area contributed by atoms with Gasteiger partial charge in [-0.1, -0.05) is 6.07 Å². The third kappa shape index (κ3) is 2.53. The van der Waals surface area contributed by atoms with Crippen LogP contribution in [0.4, 0.5) is 0 Å². The van der Waals surface area contributed by atoms with Crippen molar-refractivity contribution < 1.29 is 9.47 Å². The van der Waals surface area contributed by atoms with Crippen molar-refractivity contribution in [3.8, 4) is 11.5 Å². The summed E-state index contributed by atoms with van der Waals surface area (Å²) in [5, 5.41) is 7.57. The van der Waals surface area contributed by atoms with Crippen LogP contribution in [0.25, 0.3) is 0 Å². The average Bonchev–Trinajstić information content (AvgIpc) is 2.80. The zero-order valence-corrected chi connectivity index (χ0v) is 13.6. The van der Waals surface area contributed by atoms with E-state index in [2.05, 4.69) is 26.3 Å². The van der Waals surface area contributed by atoms with E-state index < -0.39 is 0 Å². The Morgan fingerprint density at radius 3 is 2.25 bits per heavy atom. The molecule has 0 amide bonds. The number of hydrogen-bond acceptors (Lipinski definition) is 4. The van der Waals surface area contributed by atoms with E-state index in [0.717, 1.165) is 27.2 Å². The molecular formula is C14H18BrN3O2. The molecule has 0 aliphatic carbocycles. The maximum absolute atomic E-state index is 5.48. The molecule has 0 aliphatic rings. The molecule has 0 saturated carbocycles. The fourth-order valence-corrected chi connectivity index (χ4v) is 2.90. The Bertz CT molecular complexity index is 556. The number of aromatic nitrogens is 2. The van der Waals surface area contributed by atoms with Gasteiger partial charge in [0.2, 0.25) is 0 Å². The normalized spacial score (nSPS) is 12.2. The quantitative estimate of drug-likeness (QED) is 0.909. The third-order valence-corrected chi connectivity index (χ3v) is 3.87. The van der Waals surface area contributed by atoms with Crippen LogP contribution in [-0.4, -0.2) is 31.0 Å². The lowest BCUT2D eigenvalue weighted by atomic mass is 10.0. The number of nitrogens with one attached hydrogen (secondary N) is 1. The molecule has 0 fully saturated rings. The van der Waals surface area contributed by atoms with Gasteiger partial charge in [0.1, 0.15) is 11.5 Å². The van der Waals surface area contributed by atoms with Crippen LogP contribution in [-0.2, 0) is 7.05 Å². The molecule has 1 unspecified atom stereocenters. The summed E-state index contributed by atoms with van der Waals surface area (Å²) in [6, 6.07) is 5.66. The number of hydrogen-bond donors (Lipinski definition) is 1. The van der Waals surface area contributed by atoms with E-state index in [-0.39, 0.29) is 6.04 Å². The van der Waals surface area contributed by atoms with E-state index in [1.54, 1.807) is 20.4 Å². The molecule has 1 atom stereocenters. The van der Waals surface area contributed by atoms with E-state index in [0.29, 0.717) is 0 Å². The standard InChI is InChI=1S/C14H18BrN3O2/c1-16-13(14-9(15)8-17-18(14)2)12-10(19-3)6-5-7-11(12)20-4/h5-8,13,16H,1-4H3. The second-order valence-electron chi connectivity index (χ2n) is 4.30. The Labute approximate surface area is 127 Å². The Morgan fingerprint density at radius 2 is 1.85 bits per heavy atom. The van der Waals surface area contributed by atoms with E-state index >= 15 is 0 Å². The van der Waals surface area contributed by atoms with Crippen LogP contribution >= 0.6 is 15.9 Å². The molecule has 1 N–H and O–H groups in total. The van der Waals surface area contributed by atoms with Gasteiger partial charge in [0.05, 0.1) is 42.2 Å². The first-order valence-electron chi connectivity index (χ1n) is 6.19. The highest BCUT2D eigenvalue weighted by Gasteiger charge is 2.25. The molecule has 0 spiro atoms. The lowest BCUT2D eigenvalue weighted by molar-refractivity contribution is 0.377. The Hall–Kier alpha value is -1.53. The highest BCUT2D eigenvalue weighted by atomic mass is 79.9. The van der Waals surface area contributed by atoms with Crippen LogP contribution in [0.3, 0.4) is 0 Å². The van der Waals surface area contributed by atoms with E-state index in [9.17, 15) is 0 Å². The maximum atomic E-state index is 5.48. The van der Waals surface area contributed by atoms with Crippen molar-refractivity contribution in [2.24, 2.45) is 7.05 Å². The van der Waals surface area contributed by atoms with Crippen LogP contribution in [0.2, 0.25) is 0 Å². The molecular weight excluding hydrogens is 322 g/mol. The lowest BCUT2D eigenvalue weighted by Crippen LogP contribution is -2.22. The molecule has 2 rings (SSSR count). The molecule has 0 bridgehead atoms. The molecule has 1 aromatic heterocycles. The predicted octanol–water partition coefficient (Wildman–Crippen LogP) is 2.51. The van der Waals surface area contributed by atoms with Gasteiger partial charge >= 0.3 is 0 Å². The first kappa shape index (κ1) is 14.9. The molecule has 6 heteroatoms. The Balaban J connectivity index is 2.63. The Kier molecular flexibility index (Phi) is 4.67. The fourth-order valence-electron chi connectivity index (χ4n) is 2.33. The van der Waals surface area contributed by atoms with Crippen LogP contribution in [0.1, 0.15) is 17.3 Å². The summed E-state index contributed by atoms with van der Waals surface area (Å²) in [5.41, 5.74) is 1.96. The number of aryl methyl sites for hydroxylation is 1. The molecule has 0 radical (unpaired) electrons. The third-order valence-electron chi connectivity index (χ3n) is 3.25. The van der Waals surface area contributed by atoms with Crippen LogP contribution in [0.5, 0.6) is 11.5 Å². The van der Waals surface area contributed by atoms with Crippen molar-refractivity contribution in [2.75, 3.05) is 21.3 Å². The van der Waals surface area contributed by atoms with Gasteiger partial charge in [-0.05, 0) is 35.1 Å². The number of halogens is 1. The molecule has 5 nitrogen and oxygen atoms in total. The van der Waals surface area contributed by atoms with Crippen molar-refractivity contribution in [1.29, 1.82) is 0 Å². The van der Waals surface area contributed by atoms with Gasteiger partial charge in [0.15, 0.2) is 0 Å². The monoisotopic (exact) mass is 339 g/mol. The summed E-state index contributed by atoms with van der Waals surface area (Å²) in [4.78, 5) is 0. The maximum Gasteiger partial charge on any atom is 0.127 e. The SMILES string of the molecule is CNC(c1c(OC)cccc1OC)c1c(Br)cnn1C. The summed E-state index contributed by atoms with van der Waals surface area (Å²) in [6.07, 6.45) is 1.78. The van der Waals surface area contributed by atoms with Gasteiger partial charge in [-0.15, -0.1) is 0 Å². The minimum Gasteiger partial charge on any atom is -0.496 e. The summed E-state index contributed by atoms with van der Waals surface area (Å²) in [6.45, 7) is 0. The first-order valence-corrected chi connectivity index (χ1v) is 6.98. The van der Waals surface area contributed by atoms with Gasteiger partial charge in [0, 0.05) is 7.05 Å². The number of nitrogens with zero attached hydrogens (tertiary/aromatic N) is 2. The molecule has 1 aromatic carbocycles. The summed E-state index contributed by atoms with van der Waals surface area (Å²) < 4.78 is 13.7.